The van der Waals surface area contributed by atoms with Gasteiger partial charge in [-0.3, -0.25) is 0 Å². The fourth-order valence-electron chi connectivity index (χ4n) is 3.03. The maximum absolute atomic E-state index is 6.20. The molecule has 1 aromatic rings. The molecule has 0 unspecified atom stereocenters. The second kappa shape index (κ2) is 6.82. The minimum absolute atomic E-state index is 0.745. The van der Waals surface area contributed by atoms with Crippen molar-refractivity contribution in [1.82, 2.24) is 5.32 Å². The van der Waals surface area contributed by atoms with Crippen LogP contribution in [0.2, 0.25) is 5.02 Å². The fraction of sp³-hybridized carbons (Fsp3) is 0.647. The summed E-state index contributed by atoms with van der Waals surface area (Å²) in [6.45, 7) is 3.34. The number of hydrogen-bond acceptors (Lipinski definition) is 2. The molecule has 1 heterocycles. The summed E-state index contributed by atoms with van der Waals surface area (Å²) >= 11 is 6.20. The lowest BCUT2D eigenvalue weighted by atomic mass is 10.1. The monoisotopic (exact) mass is 292 g/mol. The largest absolute Gasteiger partial charge is 0.371 e. The third-order valence-corrected chi connectivity index (χ3v) is 4.63. The first-order chi connectivity index (χ1) is 9.83. The lowest BCUT2D eigenvalue weighted by Gasteiger charge is -2.29. The summed E-state index contributed by atoms with van der Waals surface area (Å²) in [5.74, 6) is 0. The van der Waals surface area contributed by atoms with Gasteiger partial charge in [0.2, 0.25) is 0 Å². The predicted octanol–water partition coefficient (Wildman–Crippen LogP) is 4.36. The first-order valence-corrected chi connectivity index (χ1v) is 8.47. The smallest absolute Gasteiger partial charge is 0.0412 e. The van der Waals surface area contributed by atoms with Crippen molar-refractivity contribution in [2.45, 2.75) is 57.5 Å². The van der Waals surface area contributed by atoms with Gasteiger partial charge in [-0.2, -0.15) is 0 Å². The molecule has 0 amide bonds. The zero-order valence-corrected chi connectivity index (χ0v) is 13.0. The highest BCUT2D eigenvalue weighted by molar-refractivity contribution is 6.30. The summed E-state index contributed by atoms with van der Waals surface area (Å²) in [6, 6.07) is 7.14. The number of halogens is 1. The maximum atomic E-state index is 6.20. The van der Waals surface area contributed by atoms with Gasteiger partial charge in [0.05, 0.1) is 0 Å². The van der Waals surface area contributed by atoms with E-state index in [4.69, 9.17) is 11.6 Å². The molecular formula is C17H25ClN2. The van der Waals surface area contributed by atoms with Crippen molar-refractivity contribution in [2.24, 2.45) is 0 Å². The maximum Gasteiger partial charge on any atom is 0.0412 e. The van der Waals surface area contributed by atoms with E-state index in [-0.39, 0.29) is 0 Å². The van der Waals surface area contributed by atoms with Crippen molar-refractivity contribution in [2.75, 3.05) is 18.0 Å². The van der Waals surface area contributed by atoms with Gasteiger partial charge >= 0.3 is 0 Å². The highest BCUT2D eigenvalue weighted by Crippen LogP contribution is 2.28. The molecule has 1 aliphatic carbocycles. The van der Waals surface area contributed by atoms with Crippen LogP contribution < -0.4 is 10.2 Å². The van der Waals surface area contributed by atoms with E-state index < -0.39 is 0 Å². The van der Waals surface area contributed by atoms with Crippen LogP contribution >= 0.6 is 11.6 Å². The summed E-state index contributed by atoms with van der Waals surface area (Å²) in [6.07, 6.45) is 9.46. The van der Waals surface area contributed by atoms with Crippen LogP contribution in [0.5, 0.6) is 0 Å². The molecule has 2 aliphatic rings. The molecule has 20 heavy (non-hydrogen) atoms. The molecule has 0 atom stereocenters. The summed E-state index contributed by atoms with van der Waals surface area (Å²) < 4.78 is 0. The number of benzene rings is 1. The van der Waals surface area contributed by atoms with Crippen LogP contribution in [0.25, 0.3) is 0 Å². The molecule has 1 aliphatic heterocycles. The Morgan fingerprint density at radius 2 is 1.75 bits per heavy atom. The quantitative estimate of drug-likeness (QED) is 0.887. The topological polar surface area (TPSA) is 15.3 Å². The Hall–Kier alpha value is -0.730. The summed E-state index contributed by atoms with van der Waals surface area (Å²) in [5, 5.41) is 4.48. The van der Waals surface area contributed by atoms with Gasteiger partial charge in [0.15, 0.2) is 0 Å². The second-order valence-electron chi connectivity index (χ2n) is 6.18. The number of nitrogens with zero attached hydrogens (tertiary/aromatic N) is 1. The van der Waals surface area contributed by atoms with Gasteiger partial charge in [-0.25, -0.2) is 0 Å². The Morgan fingerprint density at radius 3 is 2.45 bits per heavy atom. The molecule has 0 bridgehead atoms. The minimum Gasteiger partial charge on any atom is -0.371 e. The SMILES string of the molecule is Clc1ccc(N2CCCCCCC2)c(CNC2CC2)c1. The van der Waals surface area contributed by atoms with Crippen molar-refractivity contribution in [3.8, 4) is 0 Å². The predicted molar refractivity (Wildman–Crippen MR) is 86.6 cm³/mol. The number of rotatable bonds is 4. The molecule has 1 saturated carbocycles. The summed E-state index contributed by atoms with van der Waals surface area (Å²) in [7, 11) is 0. The van der Waals surface area contributed by atoms with Gasteiger partial charge in [0, 0.05) is 36.4 Å². The zero-order chi connectivity index (χ0) is 13.8. The van der Waals surface area contributed by atoms with Crippen molar-refractivity contribution < 1.29 is 0 Å². The van der Waals surface area contributed by atoms with Crippen LogP contribution in [0.1, 0.15) is 50.5 Å². The standard InChI is InChI=1S/C17H25ClN2/c18-15-6-9-17(14(12-15)13-19-16-7-8-16)20-10-4-2-1-3-5-11-20/h6,9,12,16,19H,1-5,7-8,10-11,13H2. The normalized spacial score (nSPS) is 20.6. The van der Waals surface area contributed by atoms with Crippen molar-refractivity contribution >= 4 is 17.3 Å². The van der Waals surface area contributed by atoms with Gasteiger partial charge in [-0.1, -0.05) is 30.9 Å². The molecule has 3 rings (SSSR count). The molecular weight excluding hydrogens is 268 g/mol. The van der Waals surface area contributed by atoms with E-state index in [1.165, 1.54) is 69.3 Å². The Morgan fingerprint density at radius 1 is 1.05 bits per heavy atom. The Labute approximate surface area is 127 Å². The Bertz CT molecular complexity index is 435. The molecule has 2 nitrogen and oxygen atoms in total. The summed E-state index contributed by atoms with van der Waals surface area (Å²) in [4.78, 5) is 2.57. The van der Waals surface area contributed by atoms with E-state index in [0.29, 0.717) is 0 Å². The van der Waals surface area contributed by atoms with Crippen LogP contribution in [-0.2, 0) is 6.54 Å². The third-order valence-electron chi connectivity index (χ3n) is 4.40. The number of nitrogens with one attached hydrogen (secondary N) is 1. The minimum atomic E-state index is 0.745. The van der Waals surface area contributed by atoms with Crippen LogP contribution in [0.15, 0.2) is 18.2 Å². The van der Waals surface area contributed by atoms with E-state index in [1.807, 2.05) is 6.07 Å². The van der Waals surface area contributed by atoms with Gasteiger partial charge in [-0.15, -0.1) is 0 Å². The van der Waals surface area contributed by atoms with Gasteiger partial charge < -0.3 is 10.2 Å². The highest BCUT2D eigenvalue weighted by atomic mass is 35.5. The average Bonchev–Trinajstić information content (AvgIpc) is 3.21. The third kappa shape index (κ3) is 3.89. The molecule has 0 spiro atoms. The molecule has 3 heteroatoms. The van der Waals surface area contributed by atoms with E-state index in [2.05, 4.69) is 22.3 Å². The molecule has 2 fully saturated rings. The average molecular weight is 293 g/mol. The zero-order valence-electron chi connectivity index (χ0n) is 12.2. The van der Waals surface area contributed by atoms with E-state index in [9.17, 15) is 0 Å². The van der Waals surface area contributed by atoms with E-state index in [0.717, 1.165) is 17.6 Å². The Balaban J connectivity index is 1.74. The number of anilines is 1. The molecule has 1 aromatic carbocycles. The van der Waals surface area contributed by atoms with Crippen LogP contribution in [0, 0.1) is 0 Å². The fourth-order valence-corrected chi connectivity index (χ4v) is 3.23. The van der Waals surface area contributed by atoms with E-state index >= 15 is 0 Å². The van der Waals surface area contributed by atoms with Gasteiger partial charge in [0.25, 0.3) is 0 Å². The second-order valence-corrected chi connectivity index (χ2v) is 6.62. The van der Waals surface area contributed by atoms with Crippen molar-refractivity contribution in [1.29, 1.82) is 0 Å². The van der Waals surface area contributed by atoms with Crippen molar-refractivity contribution in [3.05, 3.63) is 28.8 Å². The molecule has 0 radical (unpaired) electrons. The highest BCUT2D eigenvalue weighted by Gasteiger charge is 2.21. The van der Waals surface area contributed by atoms with Gasteiger partial charge in [0.1, 0.15) is 0 Å². The molecule has 0 aromatic heterocycles. The van der Waals surface area contributed by atoms with Crippen LogP contribution in [-0.4, -0.2) is 19.1 Å². The first kappa shape index (κ1) is 14.2. The lowest BCUT2D eigenvalue weighted by Crippen LogP contribution is -2.29. The Kier molecular flexibility index (Phi) is 4.85. The molecule has 1 saturated heterocycles. The first-order valence-electron chi connectivity index (χ1n) is 8.10. The van der Waals surface area contributed by atoms with Crippen LogP contribution in [0.4, 0.5) is 5.69 Å². The van der Waals surface area contributed by atoms with E-state index in [1.54, 1.807) is 0 Å². The lowest BCUT2D eigenvalue weighted by molar-refractivity contribution is 0.554. The molecule has 110 valence electrons. The molecule has 1 N–H and O–H groups in total. The van der Waals surface area contributed by atoms with Crippen LogP contribution in [0.3, 0.4) is 0 Å². The summed E-state index contributed by atoms with van der Waals surface area (Å²) in [5.41, 5.74) is 2.76. The van der Waals surface area contributed by atoms with Crippen molar-refractivity contribution in [3.63, 3.8) is 0 Å². The van der Waals surface area contributed by atoms with Gasteiger partial charge in [-0.05, 0) is 49.4 Å². The number of hydrogen-bond donors (Lipinski definition) is 1.